The van der Waals surface area contributed by atoms with Crippen LogP contribution in [0.25, 0.3) is 11.3 Å². The third-order valence-electron chi connectivity index (χ3n) is 4.74. The number of primary amides is 1. The van der Waals surface area contributed by atoms with Crippen molar-refractivity contribution in [2.75, 3.05) is 0 Å². The number of thioether (sulfide) groups is 1. The quantitative estimate of drug-likeness (QED) is 0.546. The number of carbonyl (C=O) groups excluding carboxylic acids is 2. The van der Waals surface area contributed by atoms with Crippen LogP contribution in [-0.4, -0.2) is 50.3 Å². The normalized spacial score (nSPS) is 21.5. The van der Waals surface area contributed by atoms with Crippen molar-refractivity contribution in [3.63, 3.8) is 0 Å². The number of hydrogen-bond donors (Lipinski definition) is 4. The summed E-state index contributed by atoms with van der Waals surface area (Å²) in [6.07, 6.45) is 0. The molecule has 3 atom stereocenters. The Morgan fingerprint density at radius 2 is 1.97 bits per heavy atom. The molecule has 2 aromatic rings. The van der Waals surface area contributed by atoms with Gasteiger partial charge in [0.1, 0.15) is 29.1 Å². The minimum absolute atomic E-state index is 0.194. The molecule has 0 spiro atoms. The highest BCUT2D eigenvalue weighted by molar-refractivity contribution is 8.01. The Morgan fingerprint density at radius 3 is 2.52 bits per heavy atom. The van der Waals surface area contributed by atoms with Gasteiger partial charge in [-0.05, 0) is 20.8 Å². The Balaban J connectivity index is 1.87. The van der Waals surface area contributed by atoms with E-state index in [0.29, 0.717) is 17.0 Å². The fourth-order valence-electron chi connectivity index (χ4n) is 3.27. The van der Waals surface area contributed by atoms with E-state index in [1.54, 1.807) is 45.0 Å². The third-order valence-corrected chi connectivity index (χ3v) is 6.24. The summed E-state index contributed by atoms with van der Waals surface area (Å²) in [5.41, 5.74) is 6.75. The number of amides is 2. The summed E-state index contributed by atoms with van der Waals surface area (Å²) >= 11 is 1.24. The summed E-state index contributed by atoms with van der Waals surface area (Å²) in [6, 6.07) is 6.99. The van der Waals surface area contributed by atoms with Crippen LogP contribution in [0.4, 0.5) is 0 Å². The minimum Gasteiger partial charge on any atom is -0.480 e. The standard InChI is InChI=1S/C19H22N4O5S/c1-9-11(12(23-28-9)10-7-5-4-6-8-10)16(25)21-13(15(20)24)17-22-14(18(26)27)19(2,3)29-17/h4-8,13-14,17,22H,1-3H3,(H2,20,24)(H,21,25)(H,26,27)/t13-,14+,17-/m1/s1. The van der Waals surface area contributed by atoms with E-state index in [2.05, 4.69) is 15.8 Å². The number of carboxylic acids is 1. The van der Waals surface area contributed by atoms with Crippen LogP contribution in [0, 0.1) is 6.92 Å². The van der Waals surface area contributed by atoms with Gasteiger partial charge in [0.25, 0.3) is 5.91 Å². The highest BCUT2D eigenvalue weighted by Gasteiger charge is 2.49. The summed E-state index contributed by atoms with van der Waals surface area (Å²) in [7, 11) is 0. The zero-order chi connectivity index (χ0) is 21.3. The van der Waals surface area contributed by atoms with Crippen LogP contribution < -0.4 is 16.4 Å². The number of nitrogens with two attached hydrogens (primary N) is 1. The fraction of sp³-hybridized carbons (Fsp3) is 0.368. The zero-order valence-corrected chi connectivity index (χ0v) is 16.9. The van der Waals surface area contributed by atoms with Crippen molar-refractivity contribution in [1.82, 2.24) is 15.8 Å². The topological polar surface area (TPSA) is 148 Å². The van der Waals surface area contributed by atoms with Gasteiger partial charge in [-0.1, -0.05) is 35.5 Å². The number of nitrogens with one attached hydrogen (secondary N) is 2. The van der Waals surface area contributed by atoms with E-state index in [9.17, 15) is 19.5 Å². The Bertz CT molecular complexity index is 943. The zero-order valence-electron chi connectivity index (χ0n) is 16.1. The molecule has 0 aliphatic carbocycles. The lowest BCUT2D eigenvalue weighted by molar-refractivity contribution is -0.140. The van der Waals surface area contributed by atoms with E-state index in [-0.39, 0.29) is 5.56 Å². The molecule has 10 heteroatoms. The second-order valence-electron chi connectivity index (χ2n) is 7.26. The number of carbonyl (C=O) groups is 3. The smallest absolute Gasteiger partial charge is 0.322 e. The molecule has 9 nitrogen and oxygen atoms in total. The first kappa shape index (κ1) is 20.9. The molecule has 0 saturated carbocycles. The van der Waals surface area contributed by atoms with Gasteiger partial charge in [0.05, 0.1) is 5.37 Å². The molecule has 1 aromatic heterocycles. The maximum atomic E-state index is 13.0. The van der Waals surface area contributed by atoms with Crippen molar-refractivity contribution in [1.29, 1.82) is 0 Å². The lowest BCUT2D eigenvalue weighted by Gasteiger charge is -2.23. The van der Waals surface area contributed by atoms with Gasteiger partial charge in [0, 0.05) is 10.3 Å². The van der Waals surface area contributed by atoms with Crippen molar-refractivity contribution in [3.8, 4) is 11.3 Å². The lowest BCUT2D eigenvalue weighted by Crippen LogP contribution is -2.55. The first-order valence-corrected chi connectivity index (χ1v) is 9.78. The molecular weight excluding hydrogens is 396 g/mol. The van der Waals surface area contributed by atoms with Gasteiger partial charge in [0.15, 0.2) is 0 Å². The van der Waals surface area contributed by atoms with Crippen LogP contribution in [0.15, 0.2) is 34.9 Å². The molecule has 1 fully saturated rings. The van der Waals surface area contributed by atoms with Crippen molar-refractivity contribution < 1.29 is 24.0 Å². The number of nitrogens with zero attached hydrogens (tertiary/aromatic N) is 1. The predicted octanol–water partition coefficient (Wildman–Crippen LogP) is 1.13. The van der Waals surface area contributed by atoms with E-state index in [1.165, 1.54) is 11.8 Å². The Morgan fingerprint density at radius 1 is 1.31 bits per heavy atom. The molecule has 0 bridgehead atoms. The molecule has 29 heavy (non-hydrogen) atoms. The minimum atomic E-state index is -1.13. The summed E-state index contributed by atoms with van der Waals surface area (Å²) in [5, 5.41) is 18.2. The van der Waals surface area contributed by atoms with Gasteiger partial charge in [0.2, 0.25) is 5.91 Å². The number of hydrogen-bond acceptors (Lipinski definition) is 7. The largest absolute Gasteiger partial charge is 0.480 e. The van der Waals surface area contributed by atoms with Crippen molar-refractivity contribution in [2.24, 2.45) is 5.73 Å². The van der Waals surface area contributed by atoms with Crippen LogP contribution in [0.5, 0.6) is 0 Å². The lowest BCUT2D eigenvalue weighted by atomic mass is 10.0. The molecule has 2 amide bonds. The van der Waals surface area contributed by atoms with Gasteiger partial charge in [-0.25, -0.2) is 0 Å². The Kier molecular flexibility index (Phi) is 5.67. The number of aromatic nitrogens is 1. The molecule has 0 radical (unpaired) electrons. The monoisotopic (exact) mass is 418 g/mol. The molecule has 1 aromatic carbocycles. The first-order chi connectivity index (χ1) is 13.6. The van der Waals surface area contributed by atoms with Crippen LogP contribution in [0.3, 0.4) is 0 Å². The van der Waals surface area contributed by atoms with E-state index in [4.69, 9.17) is 10.3 Å². The Labute approximate surface area is 171 Å². The molecule has 1 aliphatic rings. The van der Waals surface area contributed by atoms with E-state index in [0.717, 1.165) is 0 Å². The second kappa shape index (κ2) is 7.88. The predicted molar refractivity (Wildman–Crippen MR) is 107 cm³/mol. The van der Waals surface area contributed by atoms with Gasteiger partial charge in [-0.3, -0.25) is 19.7 Å². The van der Waals surface area contributed by atoms with Gasteiger partial charge >= 0.3 is 5.97 Å². The highest BCUT2D eigenvalue weighted by atomic mass is 32.2. The summed E-state index contributed by atoms with van der Waals surface area (Å²) in [6.45, 7) is 5.10. The van der Waals surface area contributed by atoms with Crippen LogP contribution in [0.2, 0.25) is 0 Å². The van der Waals surface area contributed by atoms with Crippen molar-refractivity contribution in [3.05, 3.63) is 41.7 Å². The Hall–Kier alpha value is -2.85. The third kappa shape index (κ3) is 4.13. The molecule has 5 N–H and O–H groups in total. The van der Waals surface area contributed by atoms with Gasteiger partial charge < -0.3 is 20.7 Å². The van der Waals surface area contributed by atoms with Crippen LogP contribution in [-0.2, 0) is 9.59 Å². The molecule has 0 unspecified atom stereocenters. The van der Waals surface area contributed by atoms with Crippen molar-refractivity contribution in [2.45, 2.75) is 43.0 Å². The molecule has 1 saturated heterocycles. The summed E-state index contributed by atoms with van der Waals surface area (Å²) in [5.74, 6) is -2.10. The van der Waals surface area contributed by atoms with Crippen LogP contribution in [0.1, 0.15) is 30.0 Å². The number of benzene rings is 1. The summed E-state index contributed by atoms with van der Waals surface area (Å²) in [4.78, 5) is 36.6. The van der Waals surface area contributed by atoms with Gasteiger partial charge in [-0.2, -0.15) is 0 Å². The average molecular weight is 418 g/mol. The highest BCUT2D eigenvalue weighted by Crippen LogP contribution is 2.39. The molecule has 3 rings (SSSR count). The maximum Gasteiger partial charge on any atom is 0.322 e. The summed E-state index contributed by atoms with van der Waals surface area (Å²) < 4.78 is 4.50. The SMILES string of the molecule is Cc1onc(-c2ccccc2)c1C(=O)N[C@H](C(N)=O)[C@@H]1N[C@@H](C(=O)O)C(C)(C)S1. The molecule has 1 aliphatic heterocycles. The maximum absolute atomic E-state index is 13.0. The van der Waals surface area contributed by atoms with E-state index in [1.807, 2.05) is 6.07 Å². The fourth-order valence-corrected chi connectivity index (χ4v) is 4.77. The van der Waals surface area contributed by atoms with E-state index < -0.39 is 40.0 Å². The number of rotatable bonds is 6. The average Bonchev–Trinajstić information content (AvgIpc) is 3.19. The first-order valence-electron chi connectivity index (χ1n) is 8.90. The number of aliphatic carboxylic acids is 1. The van der Waals surface area contributed by atoms with Gasteiger partial charge in [-0.15, -0.1) is 11.8 Å². The second-order valence-corrected chi connectivity index (χ2v) is 9.06. The molecule has 154 valence electrons. The van der Waals surface area contributed by atoms with E-state index >= 15 is 0 Å². The van der Waals surface area contributed by atoms with Crippen molar-refractivity contribution >= 4 is 29.5 Å². The molecular formula is C19H22N4O5S. The van der Waals surface area contributed by atoms with Crippen LogP contribution >= 0.6 is 11.8 Å². The number of carboxylic acid groups (broad SMARTS) is 1. The number of aryl methyl sites for hydroxylation is 1. The molecule has 2 heterocycles.